The van der Waals surface area contributed by atoms with E-state index in [1.807, 2.05) is 33.8 Å². The molecule has 158 valence electrons. The molecule has 0 unspecified atom stereocenters. The molecule has 0 amide bonds. The lowest BCUT2D eigenvalue weighted by molar-refractivity contribution is -0.109. The summed E-state index contributed by atoms with van der Waals surface area (Å²) in [5.41, 5.74) is -0.583. The van der Waals surface area contributed by atoms with E-state index in [4.69, 9.17) is 18.8 Å². The number of hydrogen-bond donors (Lipinski definition) is 1. The second-order valence-corrected chi connectivity index (χ2v) is 9.29. The Hall–Kier alpha value is -2.36. The Morgan fingerprint density at radius 2 is 1.77 bits per heavy atom. The van der Waals surface area contributed by atoms with Crippen molar-refractivity contribution in [3.8, 4) is 0 Å². The smallest absolute Gasteiger partial charge is 0.477 e. The van der Waals surface area contributed by atoms with E-state index in [1.54, 1.807) is 18.2 Å². The average Bonchev–Trinajstić information content (AvgIpc) is 2.85. The van der Waals surface area contributed by atoms with Gasteiger partial charge in [0.2, 0.25) is 0 Å². The maximum absolute atomic E-state index is 11.8. The lowest BCUT2D eigenvalue weighted by atomic mass is 9.78. The van der Waals surface area contributed by atoms with Gasteiger partial charge in [0.05, 0.1) is 11.2 Å². The zero-order valence-electron chi connectivity index (χ0n) is 17.5. The van der Waals surface area contributed by atoms with Gasteiger partial charge in [-0.15, -0.1) is 0 Å². The fraction of sp³-hybridized carbons (Fsp3) is 0.381. The molecule has 1 aromatic carbocycles. The summed E-state index contributed by atoms with van der Waals surface area (Å²) in [6.45, 7) is 9.31. The number of carbonyl (C=O) groups is 2. The van der Waals surface area contributed by atoms with Crippen molar-refractivity contribution in [3.63, 3.8) is 0 Å². The van der Waals surface area contributed by atoms with Crippen LogP contribution in [0.4, 0.5) is 0 Å². The largest absolute Gasteiger partial charge is 0.491 e. The minimum atomic E-state index is -1.35. The molecule has 0 saturated carbocycles. The van der Waals surface area contributed by atoms with Gasteiger partial charge in [0.1, 0.15) is 11.1 Å². The van der Waals surface area contributed by atoms with Crippen molar-refractivity contribution in [2.24, 2.45) is 0 Å². The molecular formula is C21H23BO7S. The van der Waals surface area contributed by atoms with Crippen LogP contribution in [-0.4, -0.2) is 40.3 Å². The molecule has 7 nitrogen and oxygen atoms in total. The van der Waals surface area contributed by atoms with Gasteiger partial charge in [0.15, 0.2) is 5.12 Å². The maximum Gasteiger partial charge on any atom is 0.491 e. The van der Waals surface area contributed by atoms with Crippen molar-refractivity contribution in [3.05, 3.63) is 51.3 Å². The van der Waals surface area contributed by atoms with E-state index < -0.39 is 35.5 Å². The number of carboxylic acid groups (broad SMARTS) is 1. The summed E-state index contributed by atoms with van der Waals surface area (Å²) in [6, 6.07) is 6.36. The highest BCUT2D eigenvalue weighted by molar-refractivity contribution is 8.13. The molecule has 0 bridgehead atoms. The van der Waals surface area contributed by atoms with Crippen LogP contribution >= 0.6 is 11.8 Å². The first-order chi connectivity index (χ1) is 13.9. The van der Waals surface area contributed by atoms with E-state index in [0.29, 0.717) is 11.1 Å². The highest BCUT2D eigenvalue weighted by Crippen LogP contribution is 2.39. The molecular weight excluding hydrogens is 407 g/mol. The first-order valence-corrected chi connectivity index (χ1v) is 10.4. The van der Waals surface area contributed by atoms with E-state index >= 15 is 0 Å². The monoisotopic (exact) mass is 430 g/mol. The summed E-state index contributed by atoms with van der Waals surface area (Å²) in [6.07, 6.45) is 1.85. The van der Waals surface area contributed by atoms with Crippen LogP contribution in [0.25, 0.3) is 17.0 Å². The third-order valence-corrected chi connectivity index (χ3v) is 6.22. The number of thioether (sulfide) groups is 1. The summed E-state index contributed by atoms with van der Waals surface area (Å²) in [7, 11) is -0.624. The van der Waals surface area contributed by atoms with E-state index in [2.05, 4.69) is 0 Å². The molecule has 1 saturated heterocycles. The Morgan fingerprint density at radius 1 is 1.13 bits per heavy atom. The first kappa shape index (κ1) is 22.3. The topological polar surface area (TPSA) is 103 Å². The zero-order chi connectivity index (χ0) is 22.3. The maximum atomic E-state index is 11.8. The average molecular weight is 430 g/mol. The Morgan fingerprint density at radius 3 is 2.33 bits per heavy atom. The predicted molar refractivity (Wildman–Crippen MR) is 117 cm³/mol. The van der Waals surface area contributed by atoms with Gasteiger partial charge in [-0.25, -0.2) is 9.59 Å². The molecule has 1 aliphatic rings. The van der Waals surface area contributed by atoms with Crippen LogP contribution in [0.2, 0.25) is 0 Å². The van der Waals surface area contributed by atoms with Crippen LogP contribution in [0.15, 0.2) is 38.9 Å². The van der Waals surface area contributed by atoms with Crippen LogP contribution in [0, 0.1) is 0 Å². The summed E-state index contributed by atoms with van der Waals surface area (Å²) >= 11 is 1.15. The molecule has 1 aliphatic heterocycles. The second-order valence-electron chi connectivity index (χ2n) is 8.14. The molecule has 0 aliphatic carbocycles. The number of aromatic carboxylic acids is 1. The molecule has 9 heteroatoms. The van der Waals surface area contributed by atoms with Gasteiger partial charge in [0.25, 0.3) is 0 Å². The van der Waals surface area contributed by atoms with Crippen LogP contribution in [0.5, 0.6) is 0 Å². The number of carboxylic acids is 1. The van der Waals surface area contributed by atoms with Gasteiger partial charge in [-0.05, 0) is 56.9 Å². The van der Waals surface area contributed by atoms with Gasteiger partial charge in [-0.2, -0.15) is 0 Å². The normalized spacial score (nSPS) is 18.0. The minimum Gasteiger partial charge on any atom is -0.477 e. The second kappa shape index (κ2) is 8.05. The van der Waals surface area contributed by atoms with Gasteiger partial charge < -0.3 is 18.8 Å². The van der Waals surface area contributed by atoms with Crippen LogP contribution < -0.4 is 5.63 Å². The molecule has 1 fully saturated rings. The van der Waals surface area contributed by atoms with Crippen LogP contribution in [0.1, 0.15) is 50.5 Å². The number of benzene rings is 1. The molecule has 1 N–H and O–H groups in total. The van der Waals surface area contributed by atoms with Crippen molar-refractivity contribution in [1.82, 2.24) is 0 Å². The predicted octanol–water partition coefficient (Wildman–Crippen LogP) is 3.79. The van der Waals surface area contributed by atoms with Crippen LogP contribution in [-0.2, 0) is 14.1 Å². The van der Waals surface area contributed by atoms with Gasteiger partial charge >= 0.3 is 18.7 Å². The number of fused-ring (bicyclic) bond motifs is 1. The summed E-state index contributed by atoms with van der Waals surface area (Å²) in [5, 5.41) is 9.62. The van der Waals surface area contributed by atoms with E-state index in [0.717, 1.165) is 22.8 Å². The third kappa shape index (κ3) is 4.53. The molecule has 30 heavy (non-hydrogen) atoms. The summed E-state index contributed by atoms with van der Waals surface area (Å²) in [4.78, 5) is 34.5. The fourth-order valence-corrected chi connectivity index (χ4v) is 3.54. The zero-order valence-corrected chi connectivity index (χ0v) is 18.3. The summed E-state index contributed by atoms with van der Waals surface area (Å²) in [5.74, 6) is -0.962. The van der Waals surface area contributed by atoms with Gasteiger partial charge in [-0.3, -0.25) is 4.79 Å². The Kier molecular flexibility index (Phi) is 6.00. The lowest BCUT2D eigenvalue weighted by Crippen LogP contribution is -2.41. The standard InChI is InChI=1S/C21H23BO7S/c1-12(23)30-11-15(22-28-20(2,3)21(4,5)29-22)9-13-6-7-17-14(8-13)10-16(18(24)25)19(26)27-17/h6-10H,11H2,1-5H3,(H,24,25). The van der Waals surface area contributed by atoms with Crippen molar-refractivity contribution < 1.29 is 28.4 Å². The lowest BCUT2D eigenvalue weighted by Gasteiger charge is -2.32. The highest BCUT2D eigenvalue weighted by Gasteiger charge is 2.52. The van der Waals surface area contributed by atoms with E-state index in [1.165, 1.54) is 13.0 Å². The quantitative estimate of drug-likeness (QED) is 0.565. The van der Waals surface area contributed by atoms with E-state index in [-0.39, 0.29) is 10.7 Å². The van der Waals surface area contributed by atoms with E-state index in [9.17, 15) is 14.4 Å². The number of hydrogen-bond acceptors (Lipinski definition) is 7. The van der Waals surface area contributed by atoms with Gasteiger partial charge in [-0.1, -0.05) is 23.9 Å². The van der Waals surface area contributed by atoms with Crippen molar-refractivity contribution in [2.75, 3.05) is 5.75 Å². The Balaban J connectivity index is 2.02. The molecule has 0 spiro atoms. The molecule has 1 aromatic heterocycles. The molecule has 3 rings (SSSR count). The van der Waals surface area contributed by atoms with Crippen molar-refractivity contribution in [1.29, 1.82) is 0 Å². The Labute approximate surface area is 178 Å². The highest BCUT2D eigenvalue weighted by atomic mass is 32.2. The first-order valence-electron chi connectivity index (χ1n) is 9.40. The van der Waals surface area contributed by atoms with Crippen LogP contribution in [0.3, 0.4) is 0 Å². The van der Waals surface area contributed by atoms with Crippen molar-refractivity contribution >= 4 is 47.0 Å². The summed E-state index contributed by atoms with van der Waals surface area (Å²) < 4.78 is 17.4. The molecule has 2 aromatic rings. The molecule has 2 heterocycles. The fourth-order valence-electron chi connectivity index (χ4n) is 2.95. The third-order valence-electron chi connectivity index (χ3n) is 5.34. The van der Waals surface area contributed by atoms with Crippen molar-refractivity contribution in [2.45, 2.75) is 45.8 Å². The SMILES string of the molecule is CC(=O)SCC(=Cc1ccc2oc(=O)c(C(=O)O)cc2c1)B1OC(C)(C)C(C)(C)O1. The Bertz CT molecular complexity index is 1080. The molecule has 0 radical (unpaired) electrons. The molecule has 0 atom stereocenters. The number of rotatable bonds is 5. The van der Waals surface area contributed by atoms with Gasteiger partial charge in [0, 0.05) is 18.1 Å². The number of carbonyl (C=O) groups excluding carboxylic acids is 1. The minimum absolute atomic E-state index is 0.0243.